The highest BCUT2D eigenvalue weighted by molar-refractivity contribution is 5.85. The van der Waals surface area contributed by atoms with E-state index >= 15 is 0 Å². The number of rotatable bonds is 3. The van der Waals surface area contributed by atoms with Crippen LogP contribution in [-0.2, 0) is 4.79 Å². The van der Waals surface area contributed by atoms with Gasteiger partial charge in [0.2, 0.25) is 0 Å². The average molecular weight is 359 g/mol. The molecule has 23 heavy (non-hydrogen) atoms. The summed E-state index contributed by atoms with van der Waals surface area (Å²) in [6.45, 7) is 2.45. The zero-order valence-corrected chi connectivity index (χ0v) is 12.0. The third-order valence-corrected chi connectivity index (χ3v) is 3.84. The first-order valence-electron chi connectivity index (χ1n) is 6.62. The highest BCUT2D eigenvalue weighted by Gasteiger charge is 2.84. The van der Waals surface area contributed by atoms with Crippen LogP contribution in [0.5, 0.6) is 0 Å². The number of alkyl halides is 9. The molecule has 1 amide bonds. The number of carbonyl (C=O) groups is 1. The van der Waals surface area contributed by atoms with E-state index in [9.17, 15) is 44.3 Å². The lowest BCUT2D eigenvalue weighted by Crippen LogP contribution is -2.67. The lowest BCUT2D eigenvalue weighted by Gasteiger charge is -2.42. The molecule has 0 bridgehead atoms. The number of hydrogen-bond acceptors (Lipinski definition) is 1. The van der Waals surface area contributed by atoms with Crippen LogP contribution in [0.25, 0.3) is 0 Å². The zero-order valence-electron chi connectivity index (χ0n) is 12.0. The zero-order chi connectivity index (χ0) is 18.4. The van der Waals surface area contributed by atoms with Gasteiger partial charge in [0.15, 0.2) is 0 Å². The summed E-state index contributed by atoms with van der Waals surface area (Å²) in [5.41, 5.74) is 0. The van der Waals surface area contributed by atoms with Gasteiger partial charge in [-0.05, 0) is 33.1 Å². The molecule has 0 saturated carbocycles. The minimum absolute atomic E-state index is 0.146. The van der Waals surface area contributed by atoms with E-state index in [4.69, 9.17) is 0 Å². The van der Waals surface area contributed by atoms with Crippen molar-refractivity contribution in [3.63, 3.8) is 0 Å². The Bertz CT molecular complexity index is 450. The van der Waals surface area contributed by atoms with Crippen molar-refractivity contribution in [3.05, 3.63) is 0 Å². The Morgan fingerprint density at radius 2 is 1.22 bits per heavy atom. The van der Waals surface area contributed by atoms with Gasteiger partial charge in [0.05, 0.1) is 0 Å². The van der Waals surface area contributed by atoms with Gasteiger partial charge < -0.3 is 4.90 Å². The molecule has 1 aliphatic rings. The lowest BCUT2D eigenvalue weighted by molar-refractivity contribution is -0.389. The van der Waals surface area contributed by atoms with Crippen LogP contribution in [0.3, 0.4) is 0 Å². The molecule has 0 N–H and O–H groups in total. The van der Waals surface area contributed by atoms with E-state index in [1.807, 2.05) is 0 Å². The summed E-state index contributed by atoms with van der Waals surface area (Å²) in [6, 6.07) is -1.96. The van der Waals surface area contributed by atoms with Gasteiger partial charge in [-0.3, -0.25) is 4.79 Å². The molecule has 1 rings (SSSR count). The minimum atomic E-state index is -7.05. The molecule has 0 spiro atoms. The first-order valence-corrected chi connectivity index (χ1v) is 6.62. The second-order valence-electron chi connectivity index (χ2n) is 5.56. The molecule has 2 atom stereocenters. The predicted octanol–water partition coefficient (Wildman–Crippen LogP) is 4.24. The van der Waals surface area contributed by atoms with Gasteiger partial charge in [-0.15, -0.1) is 0 Å². The molecule has 0 aromatic carbocycles. The van der Waals surface area contributed by atoms with Gasteiger partial charge in [-0.25, -0.2) is 0 Å². The second-order valence-corrected chi connectivity index (χ2v) is 5.56. The number of hydrogen-bond donors (Lipinski definition) is 0. The fourth-order valence-electron chi connectivity index (χ4n) is 2.49. The molecule has 1 heterocycles. The SMILES string of the molecule is CC1CCCC(C)N1C(=O)C(F)(F)C(F)(F)C(F)(F)C(F)(F)F. The van der Waals surface area contributed by atoms with Crippen LogP contribution in [0.2, 0.25) is 0 Å². The van der Waals surface area contributed by atoms with Crippen molar-refractivity contribution in [2.75, 3.05) is 0 Å². The summed E-state index contributed by atoms with van der Waals surface area (Å²) in [4.78, 5) is 11.9. The third-order valence-electron chi connectivity index (χ3n) is 3.84. The molecule has 0 aromatic heterocycles. The summed E-state index contributed by atoms with van der Waals surface area (Å²) in [7, 11) is 0. The third kappa shape index (κ3) is 2.98. The van der Waals surface area contributed by atoms with E-state index in [0.717, 1.165) is 0 Å². The molecule has 0 aromatic rings. The van der Waals surface area contributed by atoms with E-state index in [0.29, 0.717) is 6.42 Å². The standard InChI is InChI=1S/C12H14F9NO/c1-6-4-3-5-7(2)22(6)8(23)9(13,14)10(15,16)11(17,18)12(19,20)21/h6-7H,3-5H2,1-2H3. The predicted molar refractivity (Wildman–Crippen MR) is 60.5 cm³/mol. The summed E-state index contributed by atoms with van der Waals surface area (Å²) in [5, 5.41) is 0. The van der Waals surface area contributed by atoms with Crippen LogP contribution >= 0.6 is 0 Å². The number of piperidine rings is 1. The van der Waals surface area contributed by atoms with Crippen LogP contribution in [-0.4, -0.2) is 46.8 Å². The van der Waals surface area contributed by atoms with E-state index in [-0.39, 0.29) is 17.7 Å². The molecular weight excluding hydrogens is 345 g/mol. The molecule has 2 unspecified atom stereocenters. The number of nitrogens with zero attached hydrogens (tertiary/aromatic N) is 1. The van der Waals surface area contributed by atoms with Crippen molar-refractivity contribution in [2.24, 2.45) is 0 Å². The fraction of sp³-hybridized carbons (Fsp3) is 0.917. The maximum atomic E-state index is 13.6. The van der Waals surface area contributed by atoms with E-state index in [1.54, 1.807) is 0 Å². The maximum absolute atomic E-state index is 13.6. The summed E-state index contributed by atoms with van der Waals surface area (Å²) in [6.07, 6.45) is -6.16. The quantitative estimate of drug-likeness (QED) is 0.690. The Balaban J connectivity index is 3.25. The van der Waals surface area contributed by atoms with E-state index < -0.39 is 41.9 Å². The Labute approximate surface area is 125 Å². The molecule has 1 saturated heterocycles. The number of halogens is 9. The van der Waals surface area contributed by atoms with Gasteiger partial charge in [0.25, 0.3) is 5.91 Å². The molecule has 136 valence electrons. The van der Waals surface area contributed by atoms with Crippen LogP contribution < -0.4 is 0 Å². The first-order chi connectivity index (χ1) is 10.1. The number of carbonyl (C=O) groups excluding carboxylic acids is 1. The molecule has 2 nitrogen and oxygen atoms in total. The van der Waals surface area contributed by atoms with Crippen LogP contribution in [0.15, 0.2) is 0 Å². The Kier molecular flexibility index (Phi) is 4.95. The molecule has 11 heteroatoms. The lowest BCUT2D eigenvalue weighted by atomic mass is 9.94. The highest BCUT2D eigenvalue weighted by atomic mass is 19.4. The monoisotopic (exact) mass is 359 g/mol. The maximum Gasteiger partial charge on any atom is 0.460 e. The van der Waals surface area contributed by atoms with E-state index in [1.165, 1.54) is 13.8 Å². The summed E-state index contributed by atoms with van der Waals surface area (Å²) >= 11 is 0. The van der Waals surface area contributed by atoms with Gasteiger partial charge in [-0.1, -0.05) is 0 Å². The Morgan fingerprint density at radius 1 is 0.826 bits per heavy atom. The van der Waals surface area contributed by atoms with Gasteiger partial charge >= 0.3 is 23.9 Å². The molecule has 1 aliphatic heterocycles. The molecular formula is C12H14F9NO. The number of amides is 1. The first kappa shape index (κ1) is 19.9. The van der Waals surface area contributed by atoms with E-state index in [2.05, 4.69) is 0 Å². The van der Waals surface area contributed by atoms with Crippen molar-refractivity contribution in [1.82, 2.24) is 4.90 Å². The van der Waals surface area contributed by atoms with Crippen molar-refractivity contribution >= 4 is 5.91 Å². The Morgan fingerprint density at radius 3 is 1.57 bits per heavy atom. The largest absolute Gasteiger partial charge is 0.460 e. The normalized spacial score (nSPS) is 24.7. The summed E-state index contributed by atoms with van der Waals surface area (Å²) < 4.78 is 115. The van der Waals surface area contributed by atoms with Crippen LogP contribution in [0.4, 0.5) is 39.5 Å². The number of likely N-dealkylation sites (tertiary alicyclic amines) is 1. The molecule has 0 aliphatic carbocycles. The van der Waals surface area contributed by atoms with Crippen molar-refractivity contribution in [1.29, 1.82) is 0 Å². The Hall–Kier alpha value is -1.16. The topological polar surface area (TPSA) is 20.3 Å². The average Bonchev–Trinajstić information content (AvgIpc) is 2.36. The van der Waals surface area contributed by atoms with Gasteiger partial charge in [0, 0.05) is 12.1 Å². The van der Waals surface area contributed by atoms with Crippen LogP contribution in [0, 0.1) is 0 Å². The highest BCUT2D eigenvalue weighted by Crippen LogP contribution is 2.53. The van der Waals surface area contributed by atoms with Crippen molar-refractivity contribution < 1.29 is 44.3 Å². The van der Waals surface area contributed by atoms with Crippen LogP contribution in [0.1, 0.15) is 33.1 Å². The van der Waals surface area contributed by atoms with Crippen molar-refractivity contribution in [3.8, 4) is 0 Å². The molecule has 0 radical (unpaired) electrons. The van der Waals surface area contributed by atoms with Gasteiger partial charge in [-0.2, -0.15) is 39.5 Å². The van der Waals surface area contributed by atoms with Crippen molar-refractivity contribution in [2.45, 2.75) is 69.1 Å². The van der Waals surface area contributed by atoms with Gasteiger partial charge in [0.1, 0.15) is 0 Å². The fourth-order valence-corrected chi connectivity index (χ4v) is 2.49. The molecule has 1 fully saturated rings. The smallest absolute Gasteiger partial charge is 0.332 e. The minimum Gasteiger partial charge on any atom is -0.332 e. The summed E-state index contributed by atoms with van der Waals surface area (Å²) in [5.74, 6) is -22.9. The second kappa shape index (κ2) is 5.73.